The summed E-state index contributed by atoms with van der Waals surface area (Å²) in [6.45, 7) is 4.39. The number of carbonyl (C=O) groups is 2. The number of benzene rings is 1. The maximum atomic E-state index is 12.2. The van der Waals surface area contributed by atoms with Crippen molar-refractivity contribution in [2.75, 3.05) is 6.54 Å². The zero-order valence-electron chi connectivity index (χ0n) is 10.7. The lowest BCUT2D eigenvalue weighted by Gasteiger charge is -2.24. The van der Waals surface area contributed by atoms with E-state index in [4.69, 9.17) is 0 Å². The Morgan fingerprint density at radius 1 is 1.33 bits per heavy atom. The van der Waals surface area contributed by atoms with E-state index in [9.17, 15) is 9.59 Å². The first-order chi connectivity index (χ1) is 8.58. The van der Waals surface area contributed by atoms with Gasteiger partial charge in [0.2, 0.25) is 5.91 Å². The summed E-state index contributed by atoms with van der Waals surface area (Å²) in [7, 11) is 0. The minimum atomic E-state index is -0.0493. The smallest absolute Gasteiger partial charge is 0.252 e. The number of piperidine rings is 1. The molecule has 1 unspecified atom stereocenters. The first kappa shape index (κ1) is 12.6. The standard InChI is InChI=1S/C14H18N2O2/c1-9-4-3-5-10(2)13(9)14(18)16-11-6-7-12(17)15-8-11/h3-5,11H,6-8H2,1-2H3,(H,15,17)(H,16,18). The lowest BCUT2D eigenvalue weighted by atomic mass is 10.0. The number of hydrogen-bond donors (Lipinski definition) is 2. The molecule has 96 valence electrons. The van der Waals surface area contributed by atoms with Gasteiger partial charge in [0.1, 0.15) is 0 Å². The molecular formula is C14H18N2O2. The Labute approximate surface area is 107 Å². The van der Waals surface area contributed by atoms with Crippen LogP contribution < -0.4 is 10.6 Å². The van der Waals surface area contributed by atoms with Crippen molar-refractivity contribution in [3.8, 4) is 0 Å². The molecule has 1 aliphatic heterocycles. The van der Waals surface area contributed by atoms with E-state index in [1.165, 1.54) is 0 Å². The fourth-order valence-electron chi connectivity index (χ4n) is 2.29. The van der Waals surface area contributed by atoms with Crippen LogP contribution in [0.2, 0.25) is 0 Å². The number of rotatable bonds is 2. The molecule has 1 fully saturated rings. The molecule has 2 amide bonds. The van der Waals surface area contributed by atoms with Gasteiger partial charge in [-0.1, -0.05) is 18.2 Å². The van der Waals surface area contributed by atoms with E-state index >= 15 is 0 Å². The molecule has 0 aliphatic carbocycles. The Morgan fingerprint density at radius 2 is 2.00 bits per heavy atom. The molecule has 1 atom stereocenters. The highest BCUT2D eigenvalue weighted by atomic mass is 16.2. The molecule has 1 aromatic rings. The van der Waals surface area contributed by atoms with E-state index in [1.54, 1.807) is 0 Å². The van der Waals surface area contributed by atoms with Gasteiger partial charge in [-0.25, -0.2) is 0 Å². The summed E-state index contributed by atoms with van der Waals surface area (Å²) < 4.78 is 0. The highest BCUT2D eigenvalue weighted by Gasteiger charge is 2.21. The van der Waals surface area contributed by atoms with Crippen LogP contribution in [0.4, 0.5) is 0 Å². The van der Waals surface area contributed by atoms with Gasteiger partial charge in [0.05, 0.1) is 0 Å². The molecule has 2 rings (SSSR count). The van der Waals surface area contributed by atoms with Crippen LogP contribution in [0.1, 0.15) is 34.3 Å². The number of carbonyl (C=O) groups excluding carboxylic acids is 2. The number of nitrogens with one attached hydrogen (secondary N) is 2. The third-order valence-corrected chi connectivity index (χ3v) is 3.31. The van der Waals surface area contributed by atoms with Gasteiger partial charge >= 0.3 is 0 Å². The van der Waals surface area contributed by atoms with Crippen molar-refractivity contribution in [1.29, 1.82) is 0 Å². The van der Waals surface area contributed by atoms with Crippen molar-refractivity contribution in [1.82, 2.24) is 10.6 Å². The summed E-state index contributed by atoms with van der Waals surface area (Å²) in [6.07, 6.45) is 1.19. The van der Waals surface area contributed by atoms with Crippen molar-refractivity contribution in [3.63, 3.8) is 0 Å². The van der Waals surface area contributed by atoms with Crippen LogP contribution in [-0.4, -0.2) is 24.4 Å². The third-order valence-electron chi connectivity index (χ3n) is 3.31. The van der Waals surface area contributed by atoms with Crippen molar-refractivity contribution in [2.45, 2.75) is 32.7 Å². The van der Waals surface area contributed by atoms with E-state index in [0.717, 1.165) is 16.7 Å². The molecule has 0 saturated carbocycles. The predicted octanol–water partition coefficient (Wildman–Crippen LogP) is 1.31. The molecule has 18 heavy (non-hydrogen) atoms. The maximum absolute atomic E-state index is 12.2. The molecule has 1 aromatic carbocycles. The summed E-state index contributed by atoms with van der Waals surface area (Å²) in [5.74, 6) is 0.0133. The fraction of sp³-hybridized carbons (Fsp3) is 0.429. The van der Waals surface area contributed by atoms with Crippen LogP contribution in [0.25, 0.3) is 0 Å². The number of aryl methyl sites for hydroxylation is 2. The average Bonchev–Trinajstić information content (AvgIpc) is 2.32. The Bertz CT molecular complexity index is 452. The van der Waals surface area contributed by atoms with E-state index in [-0.39, 0.29) is 17.9 Å². The molecule has 1 saturated heterocycles. The van der Waals surface area contributed by atoms with Crippen molar-refractivity contribution in [3.05, 3.63) is 34.9 Å². The van der Waals surface area contributed by atoms with Gasteiger partial charge in [-0.2, -0.15) is 0 Å². The second kappa shape index (κ2) is 5.21. The van der Waals surface area contributed by atoms with E-state index in [1.807, 2.05) is 32.0 Å². The van der Waals surface area contributed by atoms with Crippen LogP contribution in [0.3, 0.4) is 0 Å². The van der Waals surface area contributed by atoms with Crippen molar-refractivity contribution < 1.29 is 9.59 Å². The molecule has 0 radical (unpaired) electrons. The van der Waals surface area contributed by atoms with Gasteiger partial charge in [-0.05, 0) is 31.4 Å². The fourth-order valence-corrected chi connectivity index (χ4v) is 2.29. The van der Waals surface area contributed by atoms with Crippen LogP contribution in [0, 0.1) is 13.8 Å². The molecule has 0 bridgehead atoms. The summed E-state index contributed by atoms with van der Waals surface area (Å²) >= 11 is 0. The molecule has 1 heterocycles. The second-order valence-electron chi connectivity index (χ2n) is 4.78. The maximum Gasteiger partial charge on any atom is 0.252 e. The molecule has 0 aromatic heterocycles. The lowest BCUT2D eigenvalue weighted by molar-refractivity contribution is -0.122. The van der Waals surface area contributed by atoms with Gasteiger partial charge in [-0.15, -0.1) is 0 Å². The summed E-state index contributed by atoms with van der Waals surface area (Å²) in [5, 5.41) is 5.75. The summed E-state index contributed by atoms with van der Waals surface area (Å²) in [5.41, 5.74) is 2.70. The summed E-state index contributed by atoms with van der Waals surface area (Å²) in [6, 6.07) is 5.85. The molecule has 0 spiro atoms. The van der Waals surface area contributed by atoms with E-state index in [2.05, 4.69) is 10.6 Å². The molecule has 4 heteroatoms. The summed E-state index contributed by atoms with van der Waals surface area (Å²) in [4.78, 5) is 23.3. The van der Waals surface area contributed by atoms with Crippen LogP contribution in [-0.2, 0) is 4.79 Å². The first-order valence-electron chi connectivity index (χ1n) is 6.21. The zero-order valence-corrected chi connectivity index (χ0v) is 10.7. The first-order valence-corrected chi connectivity index (χ1v) is 6.21. The molecule has 2 N–H and O–H groups in total. The average molecular weight is 246 g/mol. The van der Waals surface area contributed by atoms with Crippen LogP contribution in [0.15, 0.2) is 18.2 Å². The SMILES string of the molecule is Cc1cccc(C)c1C(=O)NC1CCC(=O)NC1. The quantitative estimate of drug-likeness (QED) is 0.826. The topological polar surface area (TPSA) is 58.2 Å². The van der Waals surface area contributed by atoms with Crippen LogP contribution >= 0.6 is 0 Å². The molecule has 1 aliphatic rings. The van der Waals surface area contributed by atoms with Gasteiger partial charge in [0.15, 0.2) is 0 Å². The van der Waals surface area contributed by atoms with Crippen molar-refractivity contribution in [2.24, 2.45) is 0 Å². The second-order valence-corrected chi connectivity index (χ2v) is 4.78. The largest absolute Gasteiger partial charge is 0.354 e. The minimum absolute atomic E-state index is 0.0363. The van der Waals surface area contributed by atoms with Gasteiger partial charge in [0.25, 0.3) is 5.91 Å². The number of hydrogen-bond acceptors (Lipinski definition) is 2. The Kier molecular flexibility index (Phi) is 3.65. The lowest BCUT2D eigenvalue weighted by Crippen LogP contribution is -2.47. The Hall–Kier alpha value is -1.84. The zero-order chi connectivity index (χ0) is 13.1. The van der Waals surface area contributed by atoms with E-state index < -0.39 is 0 Å². The molecular weight excluding hydrogens is 228 g/mol. The Balaban J connectivity index is 2.06. The Morgan fingerprint density at radius 3 is 2.56 bits per heavy atom. The monoisotopic (exact) mass is 246 g/mol. The molecule has 4 nitrogen and oxygen atoms in total. The van der Waals surface area contributed by atoms with Crippen molar-refractivity contribution >= 4 is 11.8 Å². The third kappa shape index (κ3) is 2.70. The van der Waals surface area contributed by atoms with E-state index in [0.29, 0.717) is 19.4 Å². The predicted molar refractivity (Wildman–Crippen MR) is 69.4 cm³/mol. The van der Waals surface area contributed by atoms with Gasteiger partial charge < -0.3 is 10.6 Å². The van der Waals surface area contributed by atoms with Gasteiger partial charge in [-0.3, -0.25) is 9.59 Å². The van der Waals surface area contributed by atoms with Gasteiger partial charge in [0, 0.05) is 24.6 Å². The normalized spacial score (nSPS) is 19.2. The highest BCUT2D eigenvalue weighted by Crippen LogP contribution is 2.14. The minimum Gasteiger partial charge on any atom is -0.354 e. The van der Waals surface area contributed by atoms with Crippen LogP contribution in [0.5, 0.6) is 0 Å². The number of amides is 2. The highest BCUT2D eigenvalue weighted by molar-refractivity contribution is 5.97.